The van der Waals surface area contributed by atoms with Crippen molar-refractivity contribution in [3.05, 3.63) is 47.2 Å². The minimum absolute atomic E-state index is 0.0481. The van der Waals surface area contributed by atoms with Gasteiger partial charge in [0.2, 0.25) is 0 Å². The monoisotopic (exact) mass is 500 g/mol. The first-order valence-electron chi connectivity index (χ1n) is 12.3. The normalized spacial score (nSPS) is 15.7. The number of methoxy groups -OCH3 is 1. The molecule has 35 heavy (non-hydrogen) atoms. The van der Waals surface area contributed by atoms with Crippen molar-refractivity contribution in [1.29, 1.82) is 0 Å². The number of carbonyl (C=O) groups is 2. The Kier molecular flexibility index (Phi) is 10.3. The molecule has 1 fully saturated rings. The molecular weight excluding hydrogens is 464 g/mol. The van der Waals surface area contributed by atoms with Crippen LogP contribution in [0.4, 0.5) is 5.82 Å². The molecule has 3 rings (SSSR count). The first-order chi connectivity index (χ1) is 17.0. The van der Waals surface area contributed by atoms with E-state index in [0.29, 0.717) is 42.8 Å². The van der Waals surface area contributed by atoms with E-state index in [1.54, 1.807) is 30.7 Å². The molecule has 0 radical (unpaired) electrons. The zero-order chi connectivity index (χ0) is 25.2. The summed E-state index contributed by atoms with van der Waals surface area (Å²) in [6, 6.07) is 9.64. The molecule has 190 valence electrons. The van der Waals surface area contributed by atoms with Gasteiger partial charge >= 0.3 is 5.97 Å². The Hall–Kier alpha value is -2.65. The van der Waals surface area contributed by atoms with Crippen LogP contribution in [0.1, 0.15) is 55.2 Å². The van der Waals surface area contributed by atoms with Crippen LogP contribution < -0.4 is 4.90 Å². The second-order valence-corrected chi connectivity index (χ2v) is 9.38. The molecule has 0 N–H and O–H groups in total. The van der Waals surface area contributed by atoms with Crippen molar-refractivity contribution in [3.8, 4) is 0 Å². The lowest BCUT2D eigenvalue weighted by Crippen LogP contribution is -2.42. The van der Waals surface area contributed by atoms with E-state index in [0.717, 1.165) is 43.0 Å². The standard InChI is InChI=1S/C26H36N4O4S/c1-5-29(6-2)23-15-22(17-33-4)27-26(28-23)35-18-19-10-8-11-20(14-19)24(31)30-13-9-12-21(16-30)25(32)34-7-3/h8,10-11,14-15,21H,5-7,9,12-13,16-18H2,1-4H3/t21-/m0/s1. The summed E-state index contributed by atoms with van der Waals surface area (Å²) in [5.41, 5.74) is 2.49. The van der Waals surface area contributed by atoms with Crippen molar-refractivity contribution in [2.24, 2.45) is 5.92 Å². The van der Waals surface area contributed by atoms with Gasteiger partial charge in [-0.1, -0.05) is 23.9 Å². The molecular formula is C26H36N4O4S. The third-order valence-corrected chi connectivity index (χ3v) is 6.91. The van der Waals surface area contributed by atoms with Gasteiger partial charge in [-0.2, -0.15) is 0 Å². The molecule has 0 unspecified atom stereocenters. The van der Waals surface area contributed by atoms with E-state index in [9.17, 15) is 9.59 Å². The molecule has 2 aromatic rings. The van der Waals surface area contributed by atoms with Crippen molar-refractivity contribution in [2.45, 2.75) is 51.1 Å². The number of benzene rings is 1. The van der Waals surface area contributed by atoms with Gasteiger partial charge in [0.25, 0.3) is 5.91 Å². The van der Waals surface area contributed by atoms with Gasteiger partial charge in [0, 0.05) is 50.7 Å². The summed E-state index contributed by atoms with van der Waals surface area (Å²) in [6.45, 7) is 9.59. The fourth-order valence-electron chi connectivity index (χ4n) is 4.19. The Morgan fingerprint density at radius 2 is 1.97 bits per heavy atom. The summed E-state index contributed by atoms with van der Waals surface area (Å²) in [5.74, 6) is 1.02. The molecule has 1 aliphatic heterocycles. The summed E-state index contributed by atoms with van der Waals surface area (Å²) < 4.78 is 10.5. The highest BCUT2D eigenvalue weighted by atomic mass is 32.2. The molecule has 1 saturated heterocycles. The number of piperidine rings is 1. The van der Waals surface area contributed by atoms with Crippen LogP contribution in [0.3, 0.4) is 0 Å². The Balaban J connectivity index is 1.69. The van der Waals surface area contributed by atoms with Gasteiger partial charge in [-0.15, -0.1) is 0 Å². The largest absolute Gasteiger partial charge is 0.466 e. The van der Waals surface area contributed by atoms with Crippen molar-refractivity contribution < 1.29 is 19.1 Å². The lowest BCUT2D eigenvalue weighted by molar-refractivity contribution is -0.149. The summed E-state index contributed by atoms with van der Waals surface area (Å²) in [5, 5.41) is 0.687. The quantitative estimate of drug-likeness (QED) is 0.258. The minimum Gasteiger partial charge on any atom is -0.466 e. The van der Waals surface area contributed by atoms with Gasteiger partial charge < -0.3 is 19.3 Å². The van der Waals surface area contributed by atoms with Gasteiger partial charge in [-0.05, 0) is 51.3 Å². The molecule has 0 saturated carbocycles. The maximum Gasteiger partial charge on any atom is 0.310 e. The van der Waals surface area contributed by atoms with E-state index in [2.05, 4.69) is 23.7 Å². The highest BCUT2D eigenvalue weighted by molar-refractivity contribution is 7.98. The van der Waals surface area contributed by atoms with Crippen molar-refractivity contribution in [2.75, 3.05) is 44.8 Å². The van der Waals surface area contributed by atoms with Crippen LogP contribution in [0.15, 0.2) is 35.5 Å². The summed E-state index contributed by atoms with van der Waals surface area (Å²) in [7, 11) is 1.66. The van der Waals surface area contributed by atoms with E-state index >= 15 is 0 Å². The van der Waals surface area contributed by atoms with Crippen molar-refractivity contribution >= 4 is 29.5 Å². The van der Waals surface area contributed by atoms with Crippen LogP contribution in [0.5, 0.6) is 0 Å². The number of nitrogens with zero attached hydrogens (tertiary/aromatic N) is 4. The molecule has 0 spiro atoms. The number of aromatic nitrogens is 2. The fourth-order valence-corrected chi connectivity index (χ4v) is 5.01. The molecule has 1 aromatic heterocycles. The molecule has 1 atom stereocenters. The Morgan fingerprint density at radius 3 is 2.69 bits per heavy atom. The molecule has 1 aliphatic rings. The molecule has 1 aromatic carbocycles. The van der Waals surface area contributed by atoms with Gasteiger partial charge in [0.05, 0.1) is 24.8 Å². The number of hydrogen-bond donors (Lipinski definition) is 0. The zero-order valence-electron chi connectivity index (χ0n) is 21.2. The van der Waals surface area contributed by atoms with Crippen molar-refractivity contribution in [3.63, 3.8) is 0 Å². The van der Waals surface area contributed by atoms with E-state index in [1.165, 1.54) is 0 Å². The number of carbonyl (C=O) groups excluding carboxylic acids is 2. The second kappa shape index (κ2) is 13.4. The van der Waals surface area contributed by atoms with Crippen molar-refractivity contribution in [1.82, 2.24) is 14.9 Å². The Bertz CT molecular complexity index is 999. The van der Waals surface area contributed by atoms with Gasteiger partial charge in [-0.3, -0.25) is 9.59 Å². The molecule has 0 bridgehead atoms. The van der Waals surface area contributed by atoms with Crippen LogP contribution in [-0.4, -0.2) is 66.6 Å². The van der Waals surface area contributed by atoms with Crippen LogP contribution in [-0.2, 0) is 26.6 Å². The highest BCUT2D eigenvalue weighted by Gasteiger charge is 2.29. The number of rotatable bonds is 11. The molecule has 0 aliphatic carbocycles. The first kappa shape index (κ1) is 26.9. The van der Waals surface area contributed by atoms with Crippen LogP contribution in [0, 0.1) is 5.92 Å². The van der Waals surface area contributed by atoms with Gasteiger partial charge in [0.1, 0.15) is 5.82 Å². The first-order valence-corrected chi connectivity index (χ1v) is 13.3. The number of likely N-dealkylation sites (tertiary alicyclic amines) is 1. The summed E-state index contributed by atoms with van der Waals surface area (Å²) in [4.78, 5) is 38.7. The Labute approximate surface area is 212 Å². The fraction of sp³-hybridized carbons (Fsp3) is 0.538. The third-order valence-electron chi connectivity index (χ3n) is 6.00. The maximum absolute atomic E-state index is 13.2. The predicted octanol–water partition coefficient (Wildman–Crippen LogP) is 4.18. The summed E-state index contributed by atoms with van der Waals surface area (Å²) in [6.07, 6.45) is 1.56. The summed E-state index contributed by atoms with van der Waals surface area (Å²) >= 11 is 1.54. The average molecular weight is 501 g/mol. The number of anilines is 1. The lowest BCUT2D eigenvalue weighted by Gasteiger charge is -2.31. The smallest absolute Gasteiger partial charge is 0.310 e. The lowest BCUT2D eigenvalue weighted by atomic mass is 9.97. The van der Waals surface area contributed by atoms with E-state index in [1.807, 2.05) is 30.3 Å². The minimum atomic E-state index is -0.247. The topological polar surface area (TPSA) is 84.9 Å². The van der Waals surface area contributed by atoms with E-state index < -0.39 is 0 Å². The third kappa shape index (κ3) is 7.41. The number of hydrogen-bond acceptors (Lipinski definition) is 8. The number of esters is 1. The second-order valence-electron chi connectivity index (χ2n) is 8.44. The van der Waals surface area contributed by atoms with Crippen LogP contribution >= 0.6 is 11.8 Å². The zero-order valence-corrected chi connectivity index (χ0v) is 22.0. The molecule has 9 heteroatoms. The SMILES string of the molecule is CCOC(=O)[C@H]1CCCN(C(=O)c2cccc(CSc3nc(COC)cc(N(CC)CC)n3)c2)C1. The van der Waals surface area contributed by atoms with Gasteiger partial charge in [-0.25, -0.2) is 9.97 Å². The van der Waals surface area contributed by atoms with E-state index in [-0.39, 0.29) is 17.8 Å². The number of ether oxygens (including phenoxy) is 2. The predicted molar refractivity (Wildman–Crippen MR) is 138 cm³/mol. The van der Waals surface area contributed by atoms with Crippen LogP contribution in [0.25, 0.3) is 0 Å². The maximum atomic E-state index is 13.2. The molecule has 8 nitrogen and oxygen atoms in total. The van der Waals surface area contributed by atoms with Gasteiger partial charge in [0.15, 0.2) is 5.16 Å². The average Bonchev–Trinajstić information content (AvgIpc) is 2.88. The molecule has 2 heterocycles. The molecule has 1 amide bonds. The highest BCUT2D eigenvalue weighted by Crippen LogP contribution is 2.25. The number of amides is 1. The van der Waals surface area contributed by atoms with Crippen LogP contribution in [0.2, 0.25) is 0 Å². The van der Waals surface area contributed by atoms with E-state index in [4.69, 9.17) is 14.5 Å². The Morgan fingerprint density at radius 1 is 1.17 bits per heavy atom. The number of thioether (sulfide) groups is 1.